The van der Waals surface area contributed by atoms with Crippen molar-refractivity contribution < 1.29 is 9.53 Å². The number of thiocarbonyl (C=S) groups is 1. The van der Waals surface area contributed by atoms with Crippen LogP contribution in [0.15, 0.2) is 47.3 Å². The Labute approximate surface area is 175 Å². The molecule has 1 saturated heterocycles. The number of amides is 1. The second-order valence-electron chi connectivity index (χ2n) is 7.74. The number of nitrogens with zero attached hydrogens (tertiary/aromatic N) is 2. The van der Waals surface area contributed by atoms with Gasteiger partial charge in [0.25, 0.3) is 11.5 Å². The Bertz CT molecular complexity index is 970. The van der Waals surface area contributed by atoms with E-state index in [0.29, 0.717) is 36.3 Å². The first-order chi connectivity index (χ1) is 14.0. The Balaban J connectivity index is 1.40. The monoisotopic (exact) mass is 411 g/mol. The molecule has 7 heteroatoms. The molecule has 1 aromatic carbocycles. The molecular weight excluding hydrogens is 386 g/mol. The molecule has 1 fully saturated rings. The van der Waals surface area contributed by atoms with Crippen molar-refractivity contribution in [2.24, 2.45) is 5.92 Å². The summed E-state index contributed by atoms with van der Waals surface area (Å²) in [5.41, 5.74) is 1.67. The summed E-state index contributed by atoms with van der Waals surface area (Å²) in [7, 11) is 0. The number of rotatable bonds is 4. The first-order valence-corrected chi connectivity index (χ1v) is 10.5. The quantitative estimate of drug-likeness (QED) is 0.784. The molecule has 1 N–H and O–H groups in total. The third kappa shape index (κ3) is 4.19. The molecule has 2 atom stereocenters. The maximum atomic E-state index is 12.6. The van der Waals surface area contributed by atoms with Gasteiger partial charge in [-0.1, -0.05) is 13.0 Å². The lowest BCUT2D eigenvalue weighted by molar-refractivity contribution is 0.0968. The summed E-state index contributed by atoms with van der Waals surface area (Å²) in [5.74, 6) is 1.14. The summed E-state index contributed by atoms with van der Waals surface area (Å²) in [5, 5.41) is 3.31. The molecule has 2 aromatic rings. The highest BCUT2D eigenvalue weighted by molar-refractivity contribution is 7.80. The van der Waals surface area contributed by atoms with Crippen molar-refractivity contribution in [2.45, 2.75) is 32.2 Å². The van der Waals surface area contributed by atoms with E-state index in [-0.39, 0.29) is 17.4 Å². The fourth-order valence-corrected chi connectivity index (χ4v) is 4.47. The number of nitrogens with one attached hydrogen (secondary N) is 1. The van der Waals surface area contributed by atoms with Crippen molar-refractivity contribution in [2.75, 3.05) is 19.7 Å². The number of aromatic nitrogens is 1. The maximum absolute atomic E-state index is 12.6. The molecule has 2 bridgehead atoms. The average molecular weight is 412 g/mol. The number of piperidine rings is 1. The molecule has 0 aliphatic carbocycles. The van der Waals surface area contributed by atoms with Gasteiger partial charge in [0.2, 0.25) is 0 Å². The number of hydrogen-bond donors (Lipinski definition) is 1. The lowest BCUT2D eigenvalue weighted by Gasteiger charge is -2.43. The average Bonchev–Trinajstić information content (AvgIpc) is 2.73. The Kier molecular flexibility index (Phi) is 5.67. The van der Waals surface area contributed by atoms with E-state index in [1.807, 2.05) is 16.7 Å². The van der Waals surface area contributed by atoms with E-state index < -0.39 is 0 Å². The standard InChI is InChI=1S/C22H25N3O3S/c1-2-10-28-18-8-6-16(7-9-18)21(27)23-22(29)24-12-15-11-17(14-24)19-4-3-5-20(26)25(19)13-15/h3-9,15,17H,2,10-14H2,1H3,(H,23,27,29)/t15-,17+/m0/s1. The minimum atomic E-state index is -0.218. The Morgan fingerprint density at radius 1 is 1.17 bits per heavy atom. The summed E-state index contributed by atoms with van der Waals surface area (Å²) < 4.78 is 7.44. The van der Waals surface area contributed by atoms with Gasteiger partial charge in [0.05, 0.1) is 6.61 Å². The molecule has 0 spiro atoms. The number of carbonyl (C=O) groups excluding carboxylic acids is 1. The predicted molar refractivity (Wildman–Crippen MR) is 115 cm³/mol. The predicted octanol–water partition coefficient (Wildman–Crippen LogP) is 2.77. The van der Waals surface area contributed by atoms with Gasteiger partial charge in [-0.3, -0.25) is 14.9 Å². The number of ether oxygens (including phenoxy) is 1. The highest BCUT2D eigenvalue weighted by Gasteiger charge is 2.35. The molecule has 6 nitrogen and oxygen atoms in total. The minimum Gasteiger partial charge on any atom is -0.494 e. The van der Waals surface area contributed by atoms with Crippen LogP contribution in [0.3, 0.4) is 0 Å². The zero-order valence-corrected chi connectivity index (χ0v) is 17.3. The van der Waals surface area contributed by atoms with Gasteiger partial charge in [0.1, 0.15) is 5.75 Å². The lowest BCUT2D eigenvalue weighted by Crippen LogP contribution is -2.52. The summed E-state index contributed by atoms with van der Waals surface area (Å²) in [6, 6.07) is 12.6. The van der Waals surface area contributed by atoms with E-state index in [1.165, 1.54) is 0 Å². The van der Waals surface area contributed by atoms with Crippen LogP contribution in [0.1, 0.15) is 41.7 Å². The highest BCUT2D eigenvalue weighted by Crippen LogP contribution is 2.34. The fourth-order valence-electron chi connectivity index (χ4n) is 4.23. The highest BCUT2D eigenvalue weighted by atomic mass is 32.1. The summed E-state index contributed by atoms with van der Waals surface area (Å²) in [6.07, 6.45) is 1.99. The Morgan fingerprint density at radius 2 is 1.97 bits per heavy atom. The van der Waals surface area contributed by atoms with Gasteiger partial charge in [-0.2, -0.15) is 0 Å². The normalized spacial score (nSPS) is 20.0. The number of hydrogen-bond acceptors (Lipinski definition) is 4. The van der Waals surface area contributed by atoms with Crippen molar-refractivity contribution in [3.05, 3.63) is 64.1 Å². The van der Waals surface area contributed by atoms with E-state index in [9.17, 15) is 9.59 Å². The van der Waals surface area contributed by atoms with Crippen molar-refractivity contribution in [3.63, 3.8) is 0 Å². The Morgan fingerprint density at radius 3 is 2.72 bits per heavy atom. The summed E-state index contributed by atoms with van der Waals surface area (Å²) in [6.45, 7) is 4.87. The molecule has 2 aliphatic heterocycles. The topological polar surface area (TPSA) is 63.6 Å². The van der Waals surface area contributed by atoms with Gasteiger partial charge in [-0.25, -0.2) is 0 Å². The van der Waals surface area contributed by atoms with E-state index in [2.05, 4.69) is 17.1 Å². The van der Waals surface area contributed by atoms with Crippen LogP contribution < -0.4 is 15.6 Å². The van der Waals surface area contributed by atoms with Crippen LogP contribution in [0, 0.1) is 5.92 Å². The lowest BCUT2D eigenvalue weighted by atomic mass is 9.83. The molecule has 152 valence electrons. The largest absolute Gasteiger partial charge is 0.494 e. The number of fused-ring (bicyclic) bond motifs is 4. The molecular formula is C22H25N3O3S. The van der Waals surface area contributed by atoms with Crippen molar-refractivity contribution in [1.29, 1.82) is 0 Å². The number of likely N-dealkylation sites (tertiary alicyclic amines) is 1. The third-order valence-corrected chi connectivity index (χ3v) is 5.94. The van der Waals surface area contributed by atoms with Gasteiger partial charge >= 0.3 is 0 Å². The van der Waals surface area contributed by atoms with Crippen molar-refractivity contribution in [3.8, 4) is 5.75 Å². The van der Waals surface area contributed by atoms with Gasteiger partial charge in [-0.05, 0) is 61.3 Å². The van der Waals surface area contributed by atoms with Gasteiger partial charge < -0.3 is 14.2 Å². The second kappa shape index (κ2) is 8.37. The number of benzene rings is 1. The molecule has 0 unspecified atom stereocenters. The number of pyridine rings is 1. The van der Waals surface area contributed by atoms with Gasteiger partial charge in [-0.15, -0.1) is 0 Å². The SMILES string of the molecule is CCCOc1ccc(C(=O)NC(=S)N2C[C@@H]3C[C@H](C2)c2cccc(=O)n2C3)cc1. The maximum Gasteiger partial charge on any atom is 0.257 e. The summed E-state index contributed by atoms with van der Waals surface area (Å²) in [4.78, 5) is 26.8. The molecule has 1 aromatic heterocycles. The van der Waals surface area contributed by atoms with Crippen molar-refractivity contribution >= 4 is 23.2 Å². The van der Waals surface area contributed by atoms with E-state index >= 15 is 0 Å². The van der Waals surface area contributed by atoms with E-state index in [4.69, 9.17) is 17.0 Å². The number of carbonyl (C=O) groups is 1. The van der Waals surface area contributed by atoms with Crippen molar-refractivity contribution in [1.82, 2.24) is 14.8 Å². The zero-order valence-electron chi connectivity index (χ0n) is 16.5. The second-order valence-corrected chi connectivity index (χ2v) is 8.12. The van der Waals surface area contributed by atoms with Crippen LogP contribution in [0.25, 0.3) is 0 Å². The zero-order chi connectivity index (χ0) is 20.4. The molecule has 3 heterocycles. The smallest absolute Gasteiger partial charge is 0.257 e. The molecule has 29 heavy (non-hydrogen) atoms. The molecule has 2 aliphatic rings. The Hall–Kier alpha value is -2.67. The van der Waals surface area contributed by atoms with E-state index in [1.54, 1.807) is 30.3 Å². The molecule has 1 amide bonds. The van der Waals surface area contributed by atoms with Crippen LogP contribution in [0.2, 0.25) is 0 Å². The minimum absolute atomic E-state index is 0.0629. The van der Waals surface area contributed by atoms with E-state index in [0.717, 1.165) is 30.8 Å². The molecule has 4 rings (SSSR count). The summed E-state index contributed by atoms with van der Waals surface area (Å²) >= 11 is 5.54. The third-order valence-electron chi connectivity index (χ3n) is 5.58. The van der Waals surface area contributed by atoms with Crippen LogP contribution in [0.4, 0.5) is 0 Å². The van der Waals surface area contributed by atoms with Crippen LogP contribution in [-0.4, -0.2) is 40.2 Å². The van der Waals surface area contributed by atoms with Crippen LogP contribution in [-0.2, 0) is 6.54 Å². The molecule has 0 radical (unpaired) electrons. The molecule has 0 saturated carbocycles. The van der Waals surface area contributed by atoms with Crippen LogP contribution >= 0.6 is 12.2 Å². The fraction of sp³-hybridized carbons (Fsp3) is 0.409. The van der Waals surface area contributed by atoms with Gasteiger partial charge in [0.15, 0.2) is 5.11 Å². The first kappa shape index (κ1) is 19.6. The van der Waals surface area contributed by atoms with Gasteiger partial charge in [0, 0.05) is 42.9 Å². The first-order valence-electron chi connectivity index (χ1n) is 10.1. The van der Waals surface area contributed by atoms with Crippen LogP contribution in [0.5, 0.6) is 5.75 Å².